The summed E-state index contributed by atoms with van der Waals surface area (Å²) in [5.41, 5.74) is 6.41. The summed E-state index contributed by atoms with van der Waals surface area (Å²) in [6.45, 7) is 4.63. The molecule has 0 aliphatic carbocycles. The molecule has 0 amide bonds. The third-order valence-electron chi connectivity index (χ3n) is 10.9. The summed E-state index contributed by atoms with van der Waals surface area (Å²) in [6, 6.07) is 22.2. The fraction of sp³-hybridized carbons (Fsp3) is 0.375. The Hall–Kier alpha value is -4.79. The number of phenols is 1. The molecule has 0 radical (unpaired) electrons. The number of ether oxygens (including phenoxy) is 5. The Morgan fingerprint density at radius 1 is 0.920 bits per heavy atom. The lowest BCUT2D eigenvalue weighted by Crippen LogP contribution is -2.69. The Kier molecular flexibility index (Phi) is 8.32. The molecule has 1 unspecified atom stereocenters. The topological polar surface area (TPSA) is 117 Å². The lowest BCUT2D eigenvalue weighted by Gasteiger charge is -2.61. The number of hydrogen-bond donors (Lipinski definition) is 2. The maximum atomic E-state index is 12.6. The average molecular weight is 676 g/mol. The number of nitriles is 1. The van der Waals surface area contributed by atoms with Crippen molar-refractivity contribution in [2.45, 2.75) is 69.8 Å². The molecule has 10 heteroatoms. The van der Waals surface area contributed by atoms with E-state index in [0.29, 0.717) is 59.3 Å². The Bertz CT molecular complexity index is 1960. The minimum absolute atomic E-state index is 0.00646. The predicted octanol–water partition coefficient (Wildman–Crippen LogP) is 5.80. The molecule has 2 bridgehead atoms. The largest absolute Gasteiger partial charge is 0.507 e. The number of aliphatic hydroxyl groups excluding tert-OH is 1. The van der Waals surface area contributed by atoms with Crippen LogP contribution in [0.3, 0.4) is 0 Å². The second-order valence-electron chi connectivity index (χ2n) is 13.6. The molecular formula is C40H41N3O7. The fourth-order valence-electron chi connectivity index (χ4n) is 8.73. The highest BCUT2D eigenvalue weighted by Gasteiger charge is 2.59. The number of nitrogens with zero attached hydrogens (tertiary/aromatic N) is 3. The van der Waals surface area contributed by atoms with E-state index in [9.17, 15) is 15.5 Å². The van der Waals surface area contributed by atoms with Crippen LogP contribution in [0, 0.1) is 25.2 Å². The number of aliphatic hydroxyl groups is 1. The number of fused-ring (bicyclic) bond motifs is 9. The van der Waals surface area contributed by atoms with Gasteiger partial charge in [0.1, 0.15) is 24.5 Å². The van der Waals surface area contributed by atoms with Gasteiger partial charge in [0.2, 0.25) is 6.79 Å². The first kappa shape index (κ1) is 32.4. The first-order chi connectivity index (χ1) is 24.3. The van der Waals surface area contributed by atoms with Crippen molar-refractivity contribution >= 4 is 0 Å². The van der Waals surface area contributed by atoms with Crippen LogP contribution in [-0.2, 0) is 24.4 Å². The molecule has 0 aromatic heterocycles. The van der Waals surface area contributed by atoms with Gasteiger partial charge < -0.3 is 33.9 Å². The molecule has 4 aromatic carbocycles. The van der Waals surface area contributed by atoms with Gasteiger partial charge in [-0.3, -0.25) is 9.80 Å². The van der Waals surface area contributed by atoms with Crippen LogP contribution in [0.4, 0.5) is 0 Å². The van der Waals surface area contributed by atoms with Crippen molar-refractivity contribution in [2.24, 2.45) is 0 Å². The molecule has 50 heavy (non-hydrogen) atoms. The molecule has 4 aliphatic heterocycles. The monoisotopic (exact) mass is 675 g/mol. The van der Waals surface area contributed by atoms with Crippen molar-refractivity contribution in [3.63, 3.8) is 0 Å². The Morgan fingerprint density at radius 3 is 2.28 bits per heavy atom. The Labute approximate surface area is 291 Å². The maximum Gasteiger partial charge on any atom is 0.231 e. The Morgan fingerprint density at radius 2 is 1.60 bits per heavy atom. The smallest absolute Gasteiger partial charge is 0.231 e. The molecular weight excluding hydrogens is 634 g/mol. The van der Waals surface area contributed by atoms with Crippen molar-refractivity contribution < 1.29 is 33.9 Å². The third kappa shape index (κ3) is 4.99. The number of aryl methyl sites for hydroxylation is 1. The van der Waals surface area contributed by atoms with Crippen LogP contribution in [0.2, 0.25) is 0 Å². The number of methoxy groups -OCH3 is 1. The van der Waals surface area contributed by atoms with Gasteiger partial charge in [0, 0.05) is 28.3 Å². The summed E-state index contributed by atoms with van der Waals surface area (Å²) in [6.07, 6.45) is -0.610. The van der Waals surface area contributed by atoms with E-state index in [1.807, 2.05) is 74.6 Å². The highest BCUT2D eigenvalue weighted by Crippen LogP contribution is 2.61. The van der Waals surface area contributed by atoms with E-state index in [4.69, 9.17) is 23.7 Å². The molecule has 8 rings (SSSR count). The van der Waals surface area contributed by atoms with Crippen molar-refractivity contribution in [1.82, 2.24) is 9.80 Å². The van der Waals surface area contributed by atoms with E-state index in [0.717, 1.165) is 27.8 Å². The van der Waals surface area contributed by atoms with E-state index in [1.165, 1.54) is 0 Å². The van der Waals surface area contributed by atoms with Crippen LogP contribution in [0.15, 0.2) is 66.7 Å². The lowest BCUT2D eigenvalue weighted by molar-refractivity contribution is -0.132. The molecule has 6 atom stereocenters. The van der Waals surface area contributed by atoms with Crippen molar-refractivity contribution in [1.29, 1.82) is 5.26 Å². The van der Waals surface area contributed by atoms with Crippen LogP contribution in [-0.4, -0.2) is 65.7 Å². The van der Waals surface area contributed by atoms with Crippen LogP contribution in [0.25, 0.3) is 0 Å². The molecule has 4 aliphatic rings. The summed E-state index contributed by atoms with van der Waals surface area (Å²) in [5.74, 6) is 2.14. The van der Waals surface area contributed by atoms with Crippen LogP contribution in [0.1, 0.15) is 62.7 Å². The van der Waals surface area contributed by atoms with Gasteiger partial charge in [0.15, 0.2) is 23.0 Å². The van der Waals surface area contributed by atoms with Gasteiger partial charge >= 0.3 is 0 Å². The lowest BCUT2D eigenvalue weighted by atomic mass is 9.70. The predicted molar refractivity (Wildman–Crippen MR) is 184 cm³/mol. The van der Waals surface area contributed by atoms with E-state index in [2.05, 4.69) is 21.9 Å². The fourth-order valence-corrected chi connectivity index (χ4v) is 8.73. The zero-order valence-corrected chi connectivity index (χ0v) is 28.6. The minimum Gasteiger partial charge on any atom is -0.507 e. The number of hydrogen-bond acceptors (Lipinski definition) is 10. The molecule has 1 fully saturated rings. The summed E-state index contributed by atoms with van der Waals surface area (Å²) in [4.78, 5) is 4.31. The number of rotatable bonds is 8. The number of benzene rings is 4. The van der Waals surface area contributed by atoms with Gasteiger partial charge in [0.25, 0.3) is 0 Å². The highest BCUT2D eigenvalue weighted by atomic mass is 16.7. The molecule has 2 N–H and O–H groups in total. The SMILES string of the molecule is COc1c(C)cc2c(c1OCc1ccccc1)[C@@H]1[C@H]3C(O)c4c(O)c(C)c5c(c4[C@H](COCc4ccccc4)N3[C@@H](C#N)[C@@H](C2)N1C)OCO5. The van der Waals surface area contributed by atoms with Crippen molar-refractivity contribution in [3.05, 3.63) is 111 Å². The molecule has 4 aromatic rings. The normalized spacial score (nSPS) is 24.9. The first-order valence-electron chi connectivity index (χ1n) is 17.0. The standard InChI is InChI=1S/C40H41N3O7/c1-22-15-26-16-27-28(17-41)43-29(20-47-18-24-11-7-5-8-12-24)31-32(35(44)23(2)38-40(31)50-21-49-38)36(45)34(43)33(42(27)3)30(26)39(37(22)46-4)48-19-25-13-9-6-10-14-25/h5-15,27-29,33-34,36,44-45H,16,18-21H2,1-4H3/t27-,28+,29+,33-,34+,36?/m1/s1. The van der Waals surface area contributed by atoms with Gasteiger partial charge in [-0.15, -0.1) is 0 Å². The van der Waals surface area contributed by atoms with Crippen LogP contribution >= 0.6 is 0 Å². The van der Waals surface area contributed by atoms with Crippen LogP contribution < -0.4 is 18.9 Å². The quantitative estimate of drug-likeness (QED) is 0.237. The van der Waals surface area contributed by atoms with Gasteiger partial charge in [-0.1, -0.05) is 66.7 Å². The summed E-state index contributed by atoms with van der Waals surface area (Å²) < 4.78 is 31.1. The summed E-state index contributed by atoms with van der Waals surface area (Å²) in [7, 11) is 3.66. The minimum atomic E-state index is -1.20. The van der Waals surface area contributed by atoms with Crippen molar-refractivity contribution in [3.8, 4) is 34.8 Å². The number of likely N-dealkylation sites (N-methyl/N-ethyl adjacent to an activating group) is 1. The first-order valence-corrected chi connectivity index (χ1v) is 17.0. The zero-order chi connectivity index (χ0) is 34.7. The molecule has 1 saturated heterocycles. The number of phenolic OH excluding ortho intramolecular Hbond substituents is 1. The zero-order valence-electron chi connectivity index (χ0n) is 28.6. The van der Waals surface area contributed by atoms with Gasteiger partial charge in [-0.2, -0.15) is 5.26 Å². The number of aromatic hydroxyl groups is 1. The molecule has 0 saturated carbocycles. The number of piperazine rings is 1. The van der Waals surface area contributed by atoms with Crippen LogP contribution in [0.5, 0.6) is 28.7 Å². The van der Waals surface area contributed by atoms with Gasteiger partial charge in [0.05, 0.1) is 44.5 Å². The second-order valence-corrected chi connectivity index (χ2v) is 13.6. The van der Waals surface area contributed by atoms with Crippen molar-refractivity contribution in [2.75, 3.05) is 27.6 Å². The van der Waals surface area contributed by atoms with E-state index >= 15 is 0 Å². The van der Waals surface area contributed by atoms with E-state index in [1.54, 1.807) is 14.0 Å². The Balaban J connectivity index is 1.30. The van der Waals surface area contributed by atoms with Gasteiger partial charge in [-0.25, -0.2) is 0 Å². The molecule has 258 valence electrons. The molecule has 10 nitrogen and oxygen atoms in total. The molecule has 0 spiro atoms. The van der Waals surface area contributed by atoms with Gasteiger partial charge in [-0.05, 0) is 49.6 Å². The summed E-state index contributed by atoms with van der Waals surface area (Å²) >= 11 is 0. The molecule has 4 heterocycles. The third-order valence-corrected chi connectivity index (χ3v) is 10.9. The average Bonchev–Trinajstić information content (AvgIpc) is 3.62. The van der Waals surface area contributed by atoms with E-state index in [-0.39, 0.29) is 25.2 Å². The second kappa shape index (κ2) is 12.8. The maximum absolute atomic E-state index is 12.6. The highest BCUT2D eigenvalue weighted by molar-refractivity contribution is 5.67. The van der Waals surface area contributed by atoms with E-state index < -0.39 is 30.3 Å². The summed E-state index contributed by atoms with van der Waals surface area (Å²) in [5, 5.41) is 35.4.